The summed E-state index contributed by atoms with van der Waals surface area (Å²) in [6.07, 6.45) is 3.46. The fourth-order valence-corrected chi connectivity index (χ4v) is 2.05. The molecular formula is C15H17N3. The van der Waals surface area contributed by atoms with Crippen molar-refractivity contribution in [2.24, 2.45) is 4.99 Å². The minimum absolute atomic E-state index is 0.678. The van der Waals surface area contributed by atoms with Gasteiger partial charge in [-0.05, 0) is 44.9 Å². The van der Waals surface area contributed by atoms with Gasteiger partial charge in [0.2, 0.25) is 0 Å². The lowest BCUT2D eigenvalue weighted by atomic mass is 10.1. The van der Waals surface area contributed by atoms with E-state index in [1.165, 1.54) is 16.7 Å². The molecule has 1 aromatic carbocycles. The van der Waals surface area contributed by atoms with Crippen molar-refractivity contribution in [2.45, 2.75) is 27.7 Å². The molecule has 0 saturated heterocycles. The quantitative estimate of drug-likeness (QED) is 0.752. The summed E-state index contributed by atoms with van der Waals surface area (Å²) in [5.41, 5.74) is 5.49. The molecular weight excluding hydrogens is 222 g/mol. The monoisotopic (exact) mass is 239 g/mol. The molecule has 0 bridgehead atoms. The van der Waals surface area contributed by atoms with Crippen LogP contribution in [-0.2, 0) is 0 Å². The zero-order chi connectivity index (χ0) is 13.1. The summed E-state index contributed by atoms with van der Waals surface area (Å²) < 4.78 is 0. The summed E-state index contributed by atoms with van der Waals surface area (Å²) in [5, 5.41) is 0. The molecule has 0 unspecified atom stereocenters. The molecule has 2 aromatic rings. The third-order valence-electron chi connectivity index (χ3n) is 2.80. The number of aliphatic imine (C=N–C) groups is 1. The van der Waals surface area contributed by atoms with Crippen molar-refractivity contribution in [3.8, 4) is 0 Å². The minimum atomic E-state index is 0.678. The molecule has 2 rings (SSSR count). The minimum Gasteiger partial charge on any atom is -0.249 e. The molecule has 3 heteroatoms. The van der Waals surface area contributed by atoms with Gasteiger partial charge < -0.3 is 0 Å². The lowest BCUT2D eigenvalue weighted by Crippen LogP contribution is -2.01. The lowest BCUT2D eigenvalue weighted by molar-refractivity contribution is 1.12. The van der Waals surface area contributed by atoms with Gasteiger partial charge in [0.1, 0.15) is 0 Å². The van der Waals surface area contributed by atoms with Crippen LogP contribution in [0.4, 0.5) is 5.69 Å². The van der Waals surface area contributed by atoms with Crippen LogP contribution in [0.15, 0.2) is 35.6 Å². The molecule has 1 aromatic heterocycles. The highest BCUT2D eigenvalue weighted by atomic mass is 14.9. The van der Waals surface area contributed by atoms with Crippen LogP contribution in [0.1, 0.15) is 29.4 Å². The molecule has 0 amide bonds. The molecule has 0 saturated carbocycles. The van der Waals surface area contributed by atoms with E-state index in [0.29, 0.717) is 5.82 Å². The highest BCUT2D eigenvalue weighted by Gasteiger charge is 2.05. The summed E-state index contributed by atoms with van der Waals surface area (Å²) in [7, 11) is 0. The van der Waals surface area contributed by atoms with E-state index in [2.05, 4.69) is 47.9 Å². The Kier molecular flexibility index (Phi) is 3.51. The molecule has 1 heterocycles. The van der Waals surface area contributed by atoms with Crippen LogP contribution in [0.5, 0.6) is 0 Å². The summed E-state index contributed by atoms with van der Waals surface area (Å²) in [6, 6.07) is 6.09. The molecule has 18 heavy (non-hydrogen) atoms. The summed E-state index contributed by atoms with van der Waals surface area (Å²) in [4.78, 5) is 13.1. The molecule has 0 radical (unpaired) electrons. The second-order valence-electron chi connectivity index (χ2n) is 4.52. The van der Waals surface area contributed by atoms with E-state index < -0.39 is 0 Å². The maximum atomic E-state index is 4.66. The second kappa shape index (κ2) is 5.08. The van der Waals surface area contributed by atoms with Crippen LogP contribution in [0, 0.1) is 20.8 Å². The first kappa shape index (κ1) is 12.4. The molecule has 0 aliphatic rings. The van der Waals surface area contributed by atoms with Crippen molar-refractivity contribution in [2.75, 3.05) is 0 Å². The third-order valence-corrected chi connectivity index (χ3v) is 2.80. The Bertz CT molecular complexity index is 563. The summed E-state index contributed by atoms with van der Waals surface area (Å²) in [6.45, 7) is 8.20. The Labute approximate surface area is 108 Å². The van der Waals surface area contributed by atoms with Gasteiger partial charge in [0.25, 0.3) is 0 Å². The highest BCUT2D eigenvalue weighted by molar-refractivity contribution is 5.97. The van der Waals surface area contributed by atoms with E-state index in [9.17, 15) is 0 Å². The normalized spacial score (nSPS) is 11.7. The van der Waals surface area contributed by atoms with E-state index in [1.807, 2.05) is 6.92 Å². The van der Waals surface area contributed by atoms with Gasteiger partial charge in [0, 0.05) is 12.4 Å². The van der Waals surface area contributed by atoms with Crippen molar-refractivity contribution in [3.05, 3.63) is 53.1 Å². The average molecular weight is 239 g/mol. The highest BCUT2D eigenvalue weighted by Crippen LogP contribution is 2.25. The van der Waals surface area contributed by atoms with E-state index in [1.54, 1.807) is 18.5 Å². The Morgan fingerprint density at radius 3 is 2.11 bits per heavy atom. The van der Waals surface area contributed by atoms with E-state index in [0.717, 1.165) is 11.4 Å². The standard InChI is InChI=1S/C15H17N3/c1-10-8-11(2)14(12(3)9-10)18-13(4)15-16-6-5-7-17-15/h5-9H,1-4H3. The number of aromatic nitrogens is 2. The van der Waals surface area contributed by atoms with Crippen LogP contribution in [0.25, 0.3) is 0 Å². The molecule has 0 aliphatic heterocycles. The van der Waals surface area contributed by atoms with E-state index in [4.69, 9.17) is 0 Å². The van der Waals surface area contributed by atoms with Gasteiger partial charge in [0.05, 0.1) is 11.4 Å². The first-order valence-electron chi connectivity index (χ1n) is 5.98. The van der Waals surface area contributed by atoms with Crippen molar-refractivity contribution in [3.63, 3.8) is 0 Å². The summed E-state index contributed by atoms with van der Waals surface area (Å²) >= 11 is 0. The Morgan fingerprint density at radius 1 is 1.00 bits per heavy atom. The Hall–Kier alpha value is -2.03. The van der Waals surface area contributed by atoms with Gasteiger partial charge in [-0.3, -0.25) is 0 Å². The van der Waals surface area contributed by atoms with Crippen LogP contribution in [-0.4, -0.2) is 15.7 Å². The maximum Gasteiger partial charge on any atom is 0.173 e. The molecule has 92 valence electrons. The van der Waals surface area contributed by atoms with Crippen molar-refractivity contribution in [1.82, 2.24) is 9.97 Å². The molecule has 0 N–H and O–H groups in total. The SMILES string of the molecule is CC(=Nc1c(C)cc(C)cc1C)c1ncccn1. The van der Waals surface area contributed by atoms with Gasteiger partial charge in [-0.25, -0.2) is 15.0 Å². The zero-order valence-corrected chi connectivity index (χ0v) is 11.2. The lowest BCUT2D eigenvalue weighted by Gasteiger charge is -2.07. The van der Waals surface area contributed by atoms with Crippen LogP contribution in [0.3, 0.4) is 0 Å². The number of benzene rings is 1. The van der Waals surface area contributed by atoms with Gasteiger partial charge in [-0.1, -0.05) is 17.7 Å². The zero-order valence-electron chi connectivity index (χ0n) is 11.2. The predicted octanol–water partition coefficient (Wildman–Crippen LogP) is 3.54. The fraction of sp³-hybridized carbons (Fsp3) is 0.267. The van der Waals surface area contributed by atoms with Crippen molar-refractivity contribution >= 4 is 11.4 Å². The average Bonchev–Trinajstić information content (AvgIpc) is 2.34. The topological polar surface area (TPSA) is 38.1 Å². The molecule has 0 aliphatic carbocycles. The predicted molar refractivity (Wildman–Crippen MR) is 74.6 cm³/mol. The molecule has 0 fully saturated rings. The Balaban J connectivity index is 2.45. The smallest absolute Gasteiger partial charge is 0.173 e. The number of nitrogens with zero attached hydrogens (tertiary/aromatic N) is 3. The largest absolute Gasteiger partial charge is 0.249 e. The van der Waals surface area contributed by atoms with E-state index >= 15 is 0 Å². The van der Waals surface area contributed by atoms with Gasteiger partial charge in [-0.2, -0.15) is 0 Å². The Morgan fingerprint density at radius 2 is 1.56 bits per heavy atom. The first-order chi connectivity index (χ1) is 8.58. The van der Waals surface area contributed by atoms with Gasteiger partial charge in [-0.15, -0.1) is 0 Å². The van der Waals surface area contributed by atoms with Gasteiger partial charge >= 0.3 is 0 Å². The molecule has 3 nitrogen and oxygen atoms in total. The van der Waals surface area contributed by atoms with Gasteiger partial charge in [0.15, 0.2) is 5.82 Å². The first-order valence-corrected chi connectivity index (χ1v) is 5.98. The summed E-state index contributed by atoms with van der Waals surface area (Å²) in [5.74, 6) is 0.678. The maximum absolute atomic E-state index is 4.66. The van der Waals surface area contributed by atoms with Crippen LogP contribution in [0.2, 0.25) is 0 Å². The van der Waals surface area contributed by atoms with Crippen molar-refractivity contribution < 1.29 is 0 Å². The van der Waals surface area contributed by atoms with Crippen LogP contribution < -0.4 is 0 Å². The molecule has 0 atom stereocenters. The molecule has 0 spiro atoms. The van der Waals surface area contributed by atoms with E-state index in [-0.39, 0.29) is 0 Å². The van der Waals surface area contributed by atoms with Crippen LogP contribution >= 0.6 is 0 Å². The second-order valence-corrected chi connectivity index (χ2v) is 4.52. The number of aryl methyl sites for hydroxylation is 3. The number of rotatable bonds is 2. The number of hydrogen-bond donors (Lipinski definition) is 0. The number of hydrogen-bond acceptors (Lipinski definition) is 3. The van der Waals surface area contributed by atoms with Crippen molar-refractivity contribution in [1.29, 1.82) is 0 Å². The fourth-order valence-electron chi connectivity index (χ4n) is 2.05. The third kappa shape index (κ3) is 2.62.